The number of hydrogen-bond donors (Lipinski definition) is 1. The van der Waals surface area contributed by atoms with Crippen molar-refractivity contribution in [3.8, 4) is 0 Å². The van der Waals surface area contributed by atoms with E-state index in [2.05, 4.69) is 37.2 Å². The van der Waals surface area contributed by atoms with Gasteiger partial charge in [0.15, 0.2) is 4.67 Å². The van der Waals surface area contributed by atoms with E-state index in [4.69, 9.17) is 9.15 Å². The van der Waals surface area contributed by atoms with Crippen molar-refractivity contribution in [1.29, 1.82) is 0 Å². The lowest BCUT2D eigenvalue weighted by Crippen LogP contribution is -2.28. The number of nitrogens with one attached hydrogen (secondary N) is 1. The molecule has 1 aliphatic rings. The van der Waals surface area contributed by atoms with E-state index in [9.17, 15) is 0 Å². The molecule has 1 aromatic heterocycles. The van der Waals surface area contributed by atoms with E-state index in [1.807, 2.05) is 6.07 Å². The SMILES string of the molecule is Brc1cc(CNCC2CCCOC2)oc1Br. The van der Waals surface area contributed by atoms with Crippen LogP contribution in [-0.4, -0.2) is 19.8 Å². The molecule has 1 atom stereocenters. The largest absolute Gasteiger partial charge is 0.452 e. The Balaban J connectivity index is 1.71. The standard InChI is InChI=1S/C11H15Br2NO2/c12-10-4-9(16-11(10)13)6-14-5-8-2-1-3-15-7-8/h4,8,14H,1-3,5-7H2. The smallest absolute Gasteiger partial charge is 0.183 e. The third-order valence-electron chi connectivity index (χ3n) is 2.68. The Kier molecular flexibility index (Phi) is 4.88. The normalized spacial score (nSPS) is 21.2. The minimum absolute atomic E-state index is 0.649. The maximum atomic E-state index is 5.48. The second-order valence-corrected chi connectivity index (χ2v) is 5.62. The summed E-state index contributed by atoms with van der Waals surface area (Å²) < 4.78 is 12.6. The highest BCUT2D eigenvalue weighted by Crippen LogP contribution is 2.26. The van der Waals surface area contributed by atoms with E-state index in [0.29, 0.717) is 5.92 Å². The molecule has 1 N–H and O–H groups in total. The summed E-state index contributed by atoms with van der Waals surface area (Å²) in [6.45, 7) is 3.57. The van der Waals surface area contributed by atoms with Gasteiger partial charge in [0.05, 0.1) is 17.6 Å². The lowest BCUT2D eigenvalue weighted by atomic mass is 10.0. The van der Waals surface area contributed by atoms with Gasteiger partial charge in [0, 0.05) is 13.2 Å². The van der Waals surface area contributed by atoms with E-state index < -0.39 is 0 Å². The number of furan rings is 1. The molecule has 0 aromatic carbocycles. The third-order valence-corrected chi connectivity index (χ3v) is 4.39. The van der Waals surface area contributed by atoms with Crippen molar-refractivity contribution in [3.05, 3.63) is 21.0 Å². The highest BCUT2D eigenvalue weighted by molar-refractivity contribution is 9.13. The number of rotatable bonds is 4. The summed E-state index contributed by atoms with van der Waals surface area (Å²) in [5.41, 5.74) is 0. The lowest BCUT2D eigenvalue weighted by Gasteiger charge is -2.21. The Labute approximate surface area is 112 Å². The van der Waals surface area contributed by atoms with Crippen LogP contribution in [0.25, 0.3) is 0 Å². The first-order chi connectivity index (χ1) is 7.75. The number of ether oxygens (including phenoxy) is 1. The summed E-state index contributed by atoms with van der Waals surface area (Å²) in [5, 5.41) is 3.40. The Morgan fingerprint density at radius 1 is 1.44 bits per heavy atom. The zero-order chi connectivity index (χ0) is 11.4. The van der Waals surface area contributed by atoms with Gasteiger partial charge in [0.2, 0.25) is 0 Å². The fraction of sp³-hybridized carbons (Fsp3) is 0.636. The van der Waals surface area contributed by atoms with Crippen LogP contribution >= 0.6 is 31.9 Å². The highest BCUT2D eigenvalue weighted by Gasteiger charge is 2.13. The molecule has 1 unspecified atom stereocenters. The van der Waals surface area contributed by atoms with Crippen LogP contribution < -0.4 is 5.32 Å². The average Bonchev–Trinajstić information content (AvgIpc) is 2.60. The first-order valence-electron chi connectivity index (χ1n) is 5.48. The predicted molar refractivity (Wildman–Crippen MR) is 69.4 cm³/mol. The molecule has 3 nitrogen and oxygen atoms in total. The maximum absolute atomic E-state index is 5.48. The summed E-state index contributed by atoms with van der Waals surface area (Å²) in [7, 11) is 0. The molecule has 0 aliphatic carbocycles. The van der Waals surface area contributed by atoms with Gasteiger partial charge in [-0.1, -0.05) is 0 Å². The Bertz CT molecular complexity index is 315. The van der Waals surface area contributed by atoms with E-state index in [-0.39, 0.29) is 0 Å². The van der Waals surface area contributed by atoms with Crippen LogP contribution in [-0.2, 0) is 11.3 Å². The van der Waals surface area contributed by atoms with Gasteiger partial charge in [-0.15, -0.1) is 0 Å². The molecular weight excluding hydrogens is 338 g/mol. The van der Waals surface area contributed by atoms with Crippen LogP contribution in [0, 0.1) is 5.92 Å². The fourth-order valence-corrected chi connectivity index (χ4v) is 2.51. The fourth-order valence-electron chi connectivity index (χ4n) is 1.85. The van der Waals surface area contributed by atoms with Gasteiger partial charge in [0.1, 0.15) is 5.76 Å². The van der Waals surface area contributed by atoms with E-state index in [1.165, 1.54) is 12.8 Å². The Hall–Kier alpha value is 0.160. The second kappa shape index (κ2) is 6.19. The molecule has 1 aliphatic heterocycles. The molecule has 2 rings (SSSR count). The molecule has 1 fully saturated rings. The Morgan fingerprint density at radius 2 is 2.31 bits per heavy atom. The van der Waals surface area contributed by atoms with Crippen LogP contribution in [0.5, 0.6) is 0 Å². The third kappa shape index (κ3) is 3.58. The molecule has 90 valence electrons. The molecule has 0 bridgehead atoms. The summed E-state index contributed by atoms with van der Waals surface area (Å²) in [4.78, 5) is 0. The quantitative estimate of drug-likeness (QED) is 0.902. The van der Waals surface area contributed by atoms with Gasteiger partial charge in [-0.25, -0.2) is 0 Å². The molecular formula is C11H15Br2NO2. The van der Waals surface area contributed by atoms with Gasteiger partial charge in [-0.2, -0.15) is 0 Å². The van der Waals surface area contributed by atoms with E-state index in [0.717, 1.165) is 41.2 Å². The van der Waals surface area contributed by atoms with Crippen LogP contribution in [0.15, 0.2) is 19.6 Å². The van der Waals surface area contributed by atoms with Crippen molar-refractivity contribution in [2.45, 2.75) is 19.4 Å². The topological polar surface area (TPSA) is 34.4 Å². The van der Waals surface area contributed by atoms with Crippen LogP contribution in [0.3, 0.4) is 0 Å². The van der Waals surface area contributed by atoms with Gasteiger partial charge >= 0.3 is 0 Å². The van der Waals surface area contributed by atoms with Crippen molar-refractivity contribution in [2.75, 3.05) is 19.8 Å². The second-order valence-electron chi connectivity index (χ2n) is 4.05. The molecule has 5 heteroatoms. The minimum atomic E-state index is 0.649. The number of halogens is 2. The summed E-state index contributed by atoms with van der Waals surface area (Å²) >= 11 is 6.72. The van der Waals surface area contributed by atoms with Crippen LogP contribution in [0.2, 0.25) is 0 Å². The molecule has 1 saturated heterocycles. The van der Waals surface area contributed by atoms with Gasteiger partial charge in [0.25, 0.3) is 0 Å². The molecule has 0 saturated carbocycles. The zero-order valence-corrected chi connectivity index (χ0v) is 12.1. The van der Waals surface area contributed by atoms with Crippen molar-refractivity contribution in [1.82, 2.24) is 5.32 Å². The van der Waals surface area contributed by atoms with Crippen molar-refractivity contribution < 1.29 is 9.15 Å². The number of hydrogen-bond acceptors (Lipinski definition) is 3. The average molecular weight is 353 g/mol. The first-order valence-corrected chi connectivity index (χ1v) is 7.06. The highest BCUT2D eigenvalue weighted by atomic mass is 79.9. The minimum Gasteiger partial charge on any atom is -0.452 e. The van der Waals surface area contributed by atoms with Gasteiger partial charge in [-0.05, 0) is 56.7 Å². The monoisotopic (exact) mass is 351 g/mol. The molecule has 0 amide bonds. The van der Waals surface area contributed by atoms with Crippen molar-refractivity contribution >= 4 is 31.9 Å². The maximum Gasteiger partial charge on any atom is 0.183 e. The molecule has 1 aromatic rings. The lowest BCUT2D eigenvalue weighted by molar-refractivity contribution is 0.0546. The van der Waals surface area contributed by atoms with E-state index >= 15 is 0 Å². The van der Waals surface area contributed by atoms with Crippen molar-refractivity contribution in [2.24, 2.45) is 5.92 Å². The predicted octanol–water partition coefficient (Wildman–Crippen LogP) is 3.32. The summed E-state index contributed by atoms with van der Waals surface area (Å²) in [6.07, 6.45) is 2.45. The molecule has 0 spiro atoms. The van der Waals surface area contributed by atoms with Gasteiger partial charge < -0.3 is 14.5 Å². The van der Waals surface area contributed by atoms with Gasteiger partial charge in [-0.3, -0.25) is 0 Å². The van der Waals surface area contributed by atoms with E-state index in [1.54, 1.807) is 0 Å². The van der Waals surface area contributed by atoms with Crippen LogP contribution in [0.1, 0.15) is 18.6 Å². The Morgan fingerprint density at radius 3 is 2.94 bits per heavy atom. The summed E-state index contributed by atoms with van der Waals surface area (Å²) in [5.74, 6) is 1.59. The summed E-state index contributed by atoms with van der Waals surface area (Å²) in [6, 6.07) is 1.98. The van der Waals surface area contributed by atoms with Crippen molar-refractivity contribution in [3.63, 3.8) is 0 Å². The molecule has 2 heterocycles. The zero-order valence-electron chi connectivity index (χ0n) is 8.97. The molecule has 16 heavy (non-hydrogen) atoms. The molecule has 0 radical (unpaired) electrons. The van der Waals surface area contributed by atoms with Crippen LogP contribution in [0.4, 0.5) is 0 Å². The first kappa shape index (κ1) is 12.6.